The van der Waals surface area contributed by atoms with Gasteiger partial charge in [-0.3, -0.25) is 4.98 Å². The maximum Gasteiger partial charge on any atom is 0.267 e. The first-order chi connectivity index (χ1) is 13.5. The Morgan fingerprint density at radius 2 is 2.00 bits per heavy atom. The lowest BCUT2D eigenvalue weighted by Crippen LogP contribution is -2.41. The van der Waals surface area contributed by atoms with Crippen LogP contribution in [0.4, 0.5) is 14.6 Å². The number of fused-ring (bicyclic) bond motifs is 2. The fourth-order valence-corrected chi connectivity index (χ4v) is 5.04. The summed E-state index contributed by atoms with van der Waals surface area (Å²) in [5.74, 6) is 0.608. The van der Waals surface area contributed by atoms with E-state index in [2.05, 4.69) is 42.0 Å². The number of pyridine rings is 1. The van der Waals surface area contributed by atoms with Crippen molar-refractivity contribution in [3.63, 3.8) is 0 Å². The quantitative estimate of drug-likeness (QED) is 0.579. The zero-order valence-electron chi connectivity index (χ0n) is 15.5. The smallest absolute Gasteiger partial charge is 0.267 e. The number of hydrogen-bond acceptors (Lipinski definition) is 4. The second-order valence-corrected chi connectivity index (χ2v) is 8.67. The van der Waals surface area contributed by atoms with Gasteiger partial charge in [-0.15, -0.1) is 0 Å². The number of halogens is 3. The molecule has 0 radical (unpaired) electrons. The molecule has 4 heterocycles. The fourth-order valence-electron chi connectivity index (χ4n) is 4.68. The van der Waals surface area contributed by atoms with Crippen LogP contribution in [-0.2, 0) is 12.8 Å². The second kappa shape index (κ2) is 6.47. The Kier molecular flexibility index (Phi) is 4.15. The molecule has 1 saturated heterocycles. The Morgan fingerprint density at radius 1 is 1.21 bits per heavy atom. The molecule has 0 amide bonds. The van der Waals surface area contributed by atoms with E-state index in [1.165, 1.54) is 17.5 Å². The summed E-state index contributed by atoms with van der Waals surface area (Å²) in [5, 5.41) is 4.17. The highest BCUT2D eigenvalue weighted by Gasteiger charge is 2.41. The van der Waals surface area contributed by atoms with E-state index in [4.69, 9.17) is 0 Å². The monoisotopic (exact) mass is 447 g/mol. The molecule has 5 nitrogen and oxygen atoms in total. The van der Waals surface area contributed by atoms with Gasteiger partial charge in [0.05, 0.1) is 17.5 Å². The van der Waals surface area contributed by atoms with Gasteiger partial charge in [0.2, 0.25) is 0 Å². The Hall–Kier alpha value is -2.09. The Morgan fingerprint density at radius 3 is 2.71 bits per heavy atom. The van der Waals surface area contributed by atoms with Gasteiger partial charge >= 0.3 is 0 Å². The van der Waals surface area contributed by atoms with Crippen molar-refractivity contribution in [1.82, 2.24) is 19.6 Å². The normalized spacial score (nSPS) is 18.4. The first-order valence-corrected chi connectivity index (χ1v) is 10.3. The standard InChI is InChI=1S/C20H20BrF2N5/c1-12-17(21)28-16(14(11-25-28)18(22)23)19(26-12)27-7-4-20(5-8-27)9-13-3-2-6-24-15(13)10-20/h2-3,6,11,18H,4-5,7-10H2,1H3. The highest BCUT2D eigenvalue weighted by Crippen LogP contribution is 2.45. The molecular formula is C20H20BrF2N5. The van der Waals surface area contributed by atoms with E-state index in [-0.39, 0.29) is 11.0 Å². The number of alkyl halides is 2. The third-order valence-electron chi connectivity index (χ3n) is 6.22. The first kappa shape index (κ1) is 18.0. The summed E-state index contributed by atoms with van der Waals surface area (Å²) in [7, 11) is 0. The van der Waals surface area contributed by atoms with Crippen LogP contribution in [-0.4, -0.2) is 32.7 Å². The molecular weight excluding hydrogens is 428 g/mol. The van der Waals surface area contributed by atoms with E-state index in [1.807, 2.05) is 19.2 Å². The predicted octanol–water partition coefficient (Wildman–Crippen LogP) is 4.52. The van der Waals surface area contributed by atoms with Gasteiger partial charge < -0.3 is 4.90 Å². The topological polar surface area (TPSA) is 46.3 Å². The van der Waals surface area contributed by atoms with Gasteiger partial charge in [-0.05, 0) is 65.6 Å². The summed E-state index contributed by atoms with van der Waals surface area (Å²) >= 11 is 3.43. The summed E-state index contributed by atoms with van der Waals surface area (Å²) in [6.07, 6.45) is 4.60. The average Bonchev–Trinajstić information content (AvgIpc) is 3.27. The minimum atomic E-state index is -2.58. The fraction of sp³-hybridized carbons (Fsp3) is 0.450. The zero-order chi connectivity index (χ0) is 19.5. The summed E-state index contributed by atoms with van der Waals surface area (Å²) in [6, 6.07) is 4.18. The SMILES string of the molecule is Cc1nc(N2CCC3(CC2)Cc2cccnc2C3)c2c(C(F)F)cnn2c1Br. The molecule has 1 aliphatic heterocycles. The molecule has 2 aliphatic rings. The number of piperidine rings is 1. The van der Waals surface area contributed by atoms with E-state index in [1.54, 1.807) is 4.52 Å². The molecule has 1 fully saturated rings. The van der Waals surface area contributed by atoms with Crippen LogP contribution in [0.5, 0.6) is 0 Å². The number of aromatic nitrogens is 4. The van der Waals surface area contributed by atoms with E-state index in [0.717, 1.165) is 44.5 Å². The van der Waals surface area contributed by atoms with E-state index >= 15 is 0 Å². The second-order valence-electron chi connectivity index (χ2n) is 7.92. The van der Waals surface area contributed by atoms with Gasteiger partial charge in [-0.2, -0.15) is 5.10 Å². The molecule has 0 saturated carbocycles. The van der Waals surface area contributed by atoms with Gasteiger partial charge in [0, 0.05) is 25.0 Å². The van der Waals surface area contributed by atoms with Crippen molar-refractivity contribution < 1.29 is 8.78 Å². The predicted molar refractivity (Wildman–Crippen MR) is 106 cm³/mol. The molecule has 1 spiro atoms. The summed E-state index contributed by atoms with van der Waals surface area (Å²) in [5.41, 5.74) is 3.88. The lowest BCUT2D eigenvalue weighted by molar-refractivity contribution is 0.153. The molecule has 3 aromatic heterocycles. The van der Waals surface area contributed by atoms with Crippen LogP contribution in [0.15, 0.2) is 29.1 Å². The summed E-state index contributed by atoms with van der Waals surface area (Å²) in [6.45, 7) is 3.46. The van der Waals surface area contributed by atoms with Crippen molar-refractivity contribution in [1.29, 1.82) is 0 Å². The van der Waals surface area contributed by atoms with Crippen LogP contribution in [0, 0.1) is 12.3 Å². The zero-order valence-corrected chi connectivity index (χ0v) is 17.1. The number of anilines is 1. The molecule has 8 heteroatoms. The van der Waals surface area contributed by atoms with Gasteiger partial charge in [0.1, 0.15) is 10.1 Å². The number of rotatable bonds is 2. The van der Waals surface area contributed by atoms with Crippen LogP contribution in [0.25, 0.3) is 5.52 Å². The summed E-state index contributed by atoms with van der Waals surface area (Å²) in [4.78, 5) is 11.4. The molecule has 1 aliphatic carbocycles. The van der Waals surface area contributed by atoms with Gasteiger partial charge in [-0.1, -0.05) is 6.07 Å². The van der Waals surface area contributed by atoms with Crippen molar-refractivity contribution in [3.05, 3.63) is 51.6 Å². The minimum absolute atomic E-state index is 0.0686. The molecule has 0 unspecified atom stereocenters. The molecule has 0 aromatic carbocycles. The molecule has 0 bridgehead atoms. The molecule has 28 heavy (non-hydrogen) atoms. The molecule has 3 aromatic rings. The Labute approximate surface area is 169 Å². The van der Waals surface area contributed by atoms with Crippen LogP contribution < -0.4 is 4.90 Å². The molecule has 146 valence electrons. The lowest BCUT2D eigenvalue weighted by Gasteiger charge is -2.40. The van der Waals surface area contributed by atoms with E-state index in [0.29, 0.717) is 15.9 Å². The Bertz CT molecular complexity index is 1030. The Balaban J connectivity index is 1.47. The lowest BCUT2D eigenvalue weighted by atomic mass is 9.76. The van der Waals surface area contributed by atoms with Crippen molar-refractivity contribution in [3.8, 4) is 0 Å². The van der Waals surface area contributed by atoms with Gasteiger partial charge in [0.15, 0.2) is 5.82 Å². The molecule has 0 atom stereocenters. The maximum absolute atomic E-state index is 13.6. The minimum Gasteiger partial charge on any atom is -0.355 e. The molecule has 0 N–H and O–H groups in total. The average molecular weight is 448 g/mol. The number of aryl methyl sites for hydroxylation is 1. The van der Waals surface area contributed by atoms with Crippen molar-refractivity contribution in [2.75, 3.05) is 18.0 Å². The third kappa shape index (κ3) is 2.72. The van der Waals surface area contributed by atoms with Crippen LogP contribution in [0.2, 0.25) is 0 Å². The van der Waals surface area contributed by atoms with Crippen LogP contribution in [0.3, 0.4) is 0 Å². The molecule has 5 rings (SSSR count). The van der Waals surface area contributed by atoms with E-state index in [9.17, 15) is 8.78 Å². The van der Waals surface area contributed by atoms with Crippen LogP contribution in [0.1, 0.15) is 41.8 Å². The summed E-state index contributed by atoms with van der Waals surface area (Å²) < 4.78 is 29.3. The first-order valence-electron chi connectivity index (χ1n) is 9.47. The highest BCUT2D eigenvalue weighted by atomic mass is 79.9. The largest absolute Gasteiger partial charge is 0.355 e. The van der Waals surface area contributed by atoms with E-state index < -0.39 is 6.43 Å². The van der Waals surface area contributed by atoms with Crippen molar-refractivity contribution in [2.45, 2.75) is 39.0 Å². The van der Waals surface area contributed by atoms with Crippen LogP contribution >= 0.6 is 15.9 Å². The maximum atomic E-state index is 13.6. The van der Waals surface area contributed by atoms with Crippen molar-refractivity contribution in [2.24, 2.45) is 5.41 Å². The van der Waals surface area contributed by atoms with Gasteiger partial charge in [0.25, 0.3) is 6.43 Å². The third-order valence-corrected chi connectivity index (χ3v) is 7.13. The highest BCUT2D eigenvalue weighted by molar-refractivity contribution is 9.10. The van der Waals surface area contributed by atoms with Crippen molar-refractivity contribution >= 4 is 27.3 Å². The van der Waals surface area contributed by atoms with Gasteiger partial charge in [-0.25, -0.2) is 18.3 Å². The number of nitrogens with zero attached hydrogens (tertiary/aromatic N) is 5. The number of hydrogen-bond donors (Lipinski definition) is 0.